The van der Waals surface area contributed by atoms with Crippen LogP contribution < -0.4 is 4.90 Å². The molecule has 3 aliphatic rings. The van der Waals surface area contributed by atoms with Gasteiger partial charge in [0.1, 0.15) is 0 Å². The Hall–Kier alpha value is -4.14. The highest BCUT2D eigenvalue weighted by Crippen LogP contribution is 2.55. The summed E-state index contributed by atoms with van der Waals surface area (Å²) in [7, 11) is 0. The topological polar surface area (TPSA) is 124 Å². The minimum absolute atomic E-state index is 0.0501. The van der Waals surface area contributed by atoms with E-state index < -0.39 is 23.3 Å². The average Bonchev–Trinajstić information content (AvgIpc) is 3.47. The number of benzene rings is 2. The maximum absolute atomic E-state index is 13.1. The minimum atomic E-state index is -0.808. The number of allylic oxidation sites excluding steroid dienone is 2. The second kappa shape index (κ2) is 8.02. The minimum Gasteiger partial charge on any atom is -0.454 e. The number of nitrogens with zero attached hydrogens (tertiary/aromatic N) is 2. The van der Waals surface area contributed by atoms with Crippen LogP contribution in [-0.4, -0.2) is 35.1 Å². The van der Waals surface area contributed by atoms with Gasteiger partial charge in [-0.2, -0.15) is 0 Å². The van der Waals surface area contributed by atoms with E-state index in [0.717, 1.165) is 23.0 Å². The van der Waals surface area contributed by atoms with E-state index in [0.29, 0.717) is 5.69 Å². The zero-order valence-corrected chi connectivity index (χ0v) is 18.2. The molecule has 0 spiro atoms. The van der Waals surface area contributed by atoms with Crippen LogP contribution in [0.2, 0.25) is 0 Å². The molecule has 0 N–H and O–H groups in total. The summed E-state index contributed by atoms with van der Waals surface area (Å²) in [5.41, 5.74) is 1.34. The number of nitro groups is 1. The van der Waals surface area contributed by atoms with Gasteiger partial charge in [0.15, 0.2) is 6.61 Å². The highest BCUT2D eigenvalue weighted by atomic mass is 16.6. The van der Waals surface area contributed by atoms with Crippen molar-refractivity contribution in [2.45, 2.75) is 13.3 Å². The molecular weight excluding hydrogens is 440 g/mol. The predicted octanol–water partition coefficient (Wildman–Crippen LogP) is 3.34. The molecule has 0 aromatic heterocycles. The molecule has 9 nitrogen and oxygen atoms in total. The number of hydrogen-bond donors (Lipinski definition) is 0. The summed E-state index contributed by atoms with van der Waals surface area (Å²) in [6.45, 7) is 1.39. The Morgan fingerprint density at radius 1 is 1.06 bits per heavy atom. The smallest absolute Gasteiger partial charge is 0.338 e. The van der Waals surface area contributed by atoms with Gasteiger partial charge in [-0.25, -0.2) is 9.69 Å². The number of hydrogen-bond acceptors (Lipinski definition) is 7. The average molecular weight is 460 g/mol. The zero-order chi connectivity index (χ0) is 24.1. The molecular formula is C25H20N2O7. The monoisotopic (exact) mass is 460 g/mol. The molecule has 2 fully saturated rings. The maximum atomic E-state index is 13.1. The van der Waals surface area contributed by atoms with E-state index in [1.54, 1.807) is 12.1 Å². The molecule has 1 heterocycles. The van der Waals surface area contributed by atoms with Gasteiger partial charge in [-0.1, -0.05) is 29.8 Å². The van der Waals surface area contributed by atoms with Gasteiger partial charge in [-0.15, -0.1) is 0 Å². The van der Waals surface area contributed by atoms with Crippen LogP contribution in [0.5, 0.6) is 0 Å². The lowest BCUT2D eigenvalue weighted by atomic mass is 9.82. The summed E-state index contributed by atoms with van der Waals surface area (Å²) in [4.78, 5) is 62.5. The van der Waals surface area contributed by atoms with Crippen molar-refractivity contribution in [3.63, 3.8) is 0 Å². The fraction of sp³-hybridized carbons (Fsp3) is 0.280. The molecule has 2 aliphatic carbocycles. The van der Waals surface area contributed by atoms with Gasteiger partial charge in [0.2, 0.25) is 17.6 Å². The first kappa shape index (κ1) is 21.7. The molecule has 1 aliphatic heterocycles. The predicted molar refractivity (Wildman–Crippen MR) is 119 cm³/mol. The number of carbonyl (C=O) groups excluding carboxylic acids is 4. The van der Waals surface area contributed by atoms with Gasteiger partial charge >= 0.3 is 5.97 Å². The van der Waals surface area contributed by atoms with Crippen LogP contribution >= 0.6 is 0 Å². The molecule has 34 heavy (non-hydrogen) atoms. The Bertz CT molecular complexity index is 1300. The number of nitro benzene ring substituents is 1. The van der Waals surface area contributed by atoms with E-state index >= 15 is 0 Å². The van der Waals surface area contributed by atoms with Crippen molar-refractivity contribution in [2.75, 3.05) is 11.5 Å². The van der Waals surface area contributed by atoms with Crippen LogP contribution in [0.1, 0.15) is 34.1 Å². The molecule has 9 heteroatoms. The van der Waals surface area contributed by atoms with Crippen molar-refractivity contribution in [3.8, 4) is 0 Å². The number of carbonyl (C=O) groups is 4. The van der Waals surface area contributed by atoms with E-state index in [2.05, 4.69) is 6.08 Å². The normalized spacial score (nSPS) is 24.7. The molecule has 2 aromatic carbocycles. The van der Waals surface area contributed by atoms with Crippen LogP contribution in [0.25, 0.3) is 0 Å². The number of imide groups is 1. The van der Waals surface area contributed by atoms with Gasteiger partial charge in [-0.3, -0.25) is 24.5 Å². The molecule has 0 radical (unpaired) electrons. The number of ether oxygens (including phenoxy) is 1. The molecule has 172 valence electrons. The van der Waals surface area contributed by atoms with Crippen molar-refractivity contribution in [3.05, 3.63) is 81.4 Å². The quantitative estimate of drug-likeness (QED) is 0.162. The number of Topliss-reactive ketones (excluding diaryl/α,β-unsaturated/α-hetero) is 1. The number of rotatable bonds is 6. The van der Waals surface area contributed by atoms with E-state index in [9.17, 15) is 29.3 Å². The second-order valence-electron chi connectivity index (χ2n) is 8.84. The summed E-state index contributed by atoms with van der Waals surface area (Å²) in [6, 6.07) is 11.1. The lowest BCUT2D eigenvalue weighted by Gasteiger charge is -2.19. The van der Waals surface area contributed by atoms with Crippen LogP contribution in [0, 0.1) is 33.8 Å². The summed E-state index contributed by atoms with van der Waals surface area (Å²) < 4.78 is 5.09. The second-order valence-corrected chi connectivity index (χ2v) is 8.84. The lowest BCUT2D eigenvalue weighted by molar-refractivity contribution is -0.384. The molecule has 1 saturated carbocycles. The van der Waals surface area contributed by atoms with Gasteiger partial charge in [0.05, 0.1) is 28.0 Å². The van der Waals surface area contributed by atoms with Gasteiger partial charge in [0.25, 0.3) is 5.69 Å². The first-order valence-electron chi connectivity index (χ1n) is 10.9. The number of anilines is 1. The molecule has 2 aromatic rings. The summed E-state index contributed by atoms with van der Waals surface area (Å²) in [6.07, 6.45) is 2.92. The molecule has 2 bridgehead atoms. The van der Waals surface area contributed by atoms with E-state index in [-0.39, 0.29) is 52.3 Å². The standard InChI is InChI=1S/C25H20N2O7/c1-13-8-16-11-19(13)22-21(16)23(29)26(24(22)30)17-6-3-5-15(10-17)25(31)34-12-20(28)14-4-2-7-18(9-14)27(32)33/h2-10,16,19,21-22H,11-12H2,1H3. The first-order chi connectivity index (χ1) is 16.3. The van der Waals surface area contributed by atoms with Crippen molar-refractivity contribution < 1.29 is 28.8 Å². The Morgan fingerprint density at radius 2 is 1.76 bits per heavy atom. The van der Waals surface area contributed by atoms with Gasteiger partial charge in [-0.05, 0) is 43.4 Å². The molecule has 1 saturated heterocycles. The number of amides is 2. The highest BCUT2D eigenvalue weighted by molar-refractivity contribution is 6.23. The van der Waals surface area contributed by atoms with Crippen LogP contribution in [0.3, 0.4) is 0 Å². The molecule has 4 atom stereocenters. The highest BCUT2D eigenvalue weighted by Gasteiger charge is 2.60. The third kappa shape index (κ3) is 3.40. The van der Waals surface area contributed by atoms with Crippen LogP contribution in [0.4, 0.5) is 11.4 Å². The van der Waals surface area contributed by atoms with E-state index in [4.69, 9.17) is 4.74 Å². The maximum Gasteiger partial charge on any atom is 0.338 e. The Morgan fingerprint density at radius 3 is 2.53 bits per heavy atom. The summed E-state index contributed by atoms with van der Waals surface area (Å²) >= 11 is 0. The third-order valence-corrected chi connectivity index (χ3v) is 6.93. The van der Waals surface area contributed by atoms with Gasteiger partial charge < -0.3 is 4.74 Å². The van der Waals surface area contributed by atoms with Gasteiger partial charge in [0, 0.05) is 17.7 Å². The summed E-state index contributed by atoms with van der Waals surface area (Å²) in [5, 5.41) is 10.9. The number of fused-ring (bicyclic) bond motifs is 5. The van der Waals surface area contributed by atoms with Crippen LogP contribution in [0.15, 0.2) is 60.2 Å². The SMILES string of the molecule is CC1=CC2CC1C1C(=O)N(c3cccc(C(=O)OCC(=O)c4cccc([N+](=O)[O-])c4)c3)C(=O)C21. The largest absolute Gasteiger partial charge is 0.454 e. The third-order valence-electron chi connectivity index (χ3n) is 6.93. The van der Waals surface area contributed by atoms with Crippen molar-refractivity contribution in [1.29, 1.82) is 0 Å². The van der Waals surface area contributed by atoms with Crippen molar-refractivity contribution in [1.82, 2.24) is 0 Å². The molecule has 2 amide bonds. The number of non-ortho nitro benzene ring substituents is 1. The Balaban J connectivity index is 1.29. The summed E-state index contributed by atoms with van der Waals surface area (Å²) in [5.74, 6) is -2.45. The zero-order valence-electron chi connectivity index (χ0n) is 18.2. The lowest BCUT2D eigenvalue weighted by Crippen LogP contribution is -2.33. The Labute approximate surface area is 194 Å². The van der Waals surface area contributed by atoms with E-state index in [1.807, 2.05) is 6.92 Å². The molecule has 4 unspecified atom stereocenters. The van der Waals surface area contributed by atoms with Crippen molar-refractivity contribution >= 4 is 34.9 Å². The Kier molecular flexibility index (Phi) is 5.11. The van der Waals surface area contributed by atoms with Crippen LogP contribution in [-0.2, 0) is 14.3 Å². The fourth-order valence-electron chi connectivity index (χ4n) is 5.39. The first-order valence-corrected chi connectivity index (χ1v) is 10.9. The van der Waals surface area contributed by atoms with Crippen molar-refractivity contribution in [2.24, 2.45) is 23.7 Å². The van der Waals surface area contributed by atoms with E-state index in [1.165, 1.54) is 30.3 Å². The fourth-order valence-corrected chi connectivity index (χ4v) is 5.39. The molecule has 5 rings (SSSR count). The number of esters is 1. The number of ketones is 1.